The van der Waals surface area contributed by atoms with Gasteiger partial charge in [-0.25, -0.2) is 0 Å². The van der Waals surface area contributed by atoms with Crippen molar-refractivity contribution in [3.63, 3.8) is 0 Å². The first-order valence-electron chi connectivity index (χ1n) is 11.3. The van der Waals surface area contributed by atoms with E-state index in [0.29, 0.717) is 25.7 Å². The summed E-state index contributed by atoms with van der Waals surface area (Å²) in [5, 5.41) is 0. The fraction of sp³-hybridized carbons (Fsp3) is 0.870. The third-order valence-electron chi connectivity index (χ3n) is 10.9. The lowest BCUT2D eigenvalue weighted by atomic mass is 9.41. The average molecular weight is 400 g/mol. The molecule has 3 aliphatic heterocycles. The van der Waals surface area contributed by atoms with Crippen molar-refractivity contribution in [1.82, 2.24) is 0 Å². The average Bonchev–Trinajstić information content (AvgIpc) is 2.96. The molecule has 3 heterocycles. The normalized spacial score (nSPS) is 61.5. The monoisotopic (exact) mass is 400 g/mol. The molecule has 3 saturated heterocycles. The van der Waals surface area contributed by atoms with Crippen LogP contribution in [0.15, 0.2) is 0 Å². The molecule has 4 saturated carbocycles. The Kier molecular flexibility index (Phi) is 2.73. The van der Waals surface area contributed by atoms with Gasteiger partial charge in [-0.2, -0.15) is 0 Å². The number of esters is 2. The zero-order valence-corrected chi connectivity index (χ0v) is 17.1. The van der Waals surface area contributed by atoms with Crippen LogP contribution in [0.25, 0.3) is 0 Å². The molecule has 0 aromatic carbocycles. The van der Waals surface area contributed by atoms with E-state index < -0.39 is 11.2 Å². The number of ketones is 1. The van der Waals surface area contributed by atoms with Crippen LogP contribution in [0.4, 0.5) is 0 Å². The number of carbonyl (C=O) groups is 3. The van der Waals surface area contributed by atoms with Gasteiger partial charge in [0.1, 0.15) is 22.6 Å². The lowest BCUT2D eigenvalue weighted by molar-refractivity contribution is -0.193. The molecule has 7 fully saturated rings. The molecular weight excluding hydrogens is 372 g/mol. The van der Waals surface area contributed by atoms with E-state index in [2.05, 4.69) is 13.8 Å². The Balaban J connectivity index is 1.38. The summed E-state index contributed by atoms with van der Waals surface area (Å²) < 4.78 is 18.8. The number of epoxide rings is 1. The smallest absolute Gasteiger partial charge is 0.310 e. The van der Waals surface area contributed by atoms with Crippen LogP contribution in [0.2, 0.25) is 0 Å². The molecule has 7 aliphatic rings. The number of carbonyl (C=O) groups excluding carboxylic acids is 3. The molecule has 3 spiro atoms. The fourth-order valence-corrected chi connectivity index (χ4v) is 9.49. The maximum Gasteiger partial charge on any atom is 0.310 e. The van der Waals surface area contributed by atoms with Crippen LogP contribution in [0, 0.1) is 28.6 Å². The van der Waals surface area contributed by atoms with Gasteiger partial charge in [-0.3, -0.25) is 14.4 Å². The number of hydrogen-bond acceptors (Lipinski definition) is 6. The summed E-state index contributed by atoms with van der Waals surface area (Å²) in [7, 11) is 0. The molecule has 4 aliphatic carbocycles. The van der Waals surface area contributed by atoms with Gasteiger partial charge in [0, 0.05) is 42.4 Å². The van der Waals surface area contributed by atoms with Gasteiger partial charge in [-0.1, -0.05) is 13.8 Å². The molecule has 29 heavy (non-hydrogen) atoms. The molecule has 6 nitrogen and oxygen atoms in total. The molecule has 0 aromatic rings. The van der Waals surface area contributed by atoms with Crippen LogP contribution < -0.4 is 0 Å². The minimum atomic E-state index is -0.681. The third-order valence-corrected chi connectivity index (χ3v) is 10.9. The van der Waals surface area contributed by atoms with Crippen molar-refractivity contribution >= 4 is 17.7 Å². The summed E-state index contributed by atoms with van der Waals surface area (Å²) in [6, 6.07) is 0. The maximum atomic E-state index is 13.2. The first-order chi connectivity index (χ1) is 13.7. The van der Waals surface area contributed by atoms with Crippen LogP contribution in [-0.4, -0.2) is 40.6 Å². The molecule has 5 unspecified atom stereocenters. The fourth-order valence-electron chi connectivity index (χ4n) is 9.49. The third kappa shape index (κ3) is 1.55. The van der Waals surface area contributed by atoms with E-state index in [-0.39, 0.29) is 58.0 Å². The second-order valence-electron chi connectivity index (χ2n) is 11.4. The Hall–Kier alpha value is -1.43. The van der Waals surface area contributed by atoms with E-state index >= 15 is 0 Å². The second kappa shape index (κ2) is 4.58. The summed E-state index contributed by atoms with van der Waals surface area (Å²) in [5.41, 5.74) is -1.90. The van der Waals surface area contributed by atoms with Crippen molar-refractivity contribution in [2.45, 2.75) is 94.5 Å². The van der Waals surface area contributed by atoms with E-state index in [1.54, 1.807) is 0 Å². The highest BCUT2D eigenvalue weighted by atomic mass is 16.6. The van der Waals surface area contributed by atoms with E-state index in [1.165, 1.54) is 0 Å². The maximum absolute atomic E-state index is 13.2. The van der Waals surface area contributed by atoms with E-state index in [0.717, 1.165) is 32.1 Å². The summed E-state index contributed by atoms with van der Waals surface area (Å²) in [6.07, 6.45) is 6.38. The zero-order chi connectivity index (χ0) is 20.0. The molecule has 9 atom stereocenters. The second-order valence-corrected chi connectivity index (χ2v) is 11.4. The van der Waals surface area contributed by atoms with Crippen LogP contribution in [0.5, 0.6) is 0 Å². The van der Waals surface area contributed by atoms with Crippen LogP contribution in [0.1, 0.15) is 71.6 Å². The first kappa shape index (κ1) is 17.3. The van der Waals surface area contributed by atoms with Crippen molar-refractivity contribution in [3.8, 4) is 0 Å². The summed E-state index contributed by atoms with van der Waals surface area (Å²) in [6.45, 7) is 4.51. The summed E-state index contributed by atoms with van der Waals surface area (Å²) >= 11 is 0. The highest BCUT2D eigenvalue weighted by Gasteiger charge is 2.88. The molecule has 0 aromatic heterocycles. The highest BCUT2D eigenvalue weighted by Crippen LogP contribution is 2.81. The lowest BCUT2D eigenvalue weighted by Gasteiger charge is -2.60. The molecule has 6 heteroatoms. The SMILES string of the molecule is CC12C[C@H]3O[C@@]34C(C3C[C@]5(CC(=O)CCC54C)OC3=O)C1CC[C@@]21CCC(=O)O1. The van der Waals surface area contributed by atoms with Crippen molar-refractivity contribution in [2.75, 3.05) is 0 Å². The minimum absolute atomic E-state index is 0.0675. The molecule has 156 valence electrons. The Bertz CT molecular complexity index is 898. The Morgan fingerprint density at radius 3 is 2.52 bits per heavy atom. The van der Waals surface area contributed by atoms with Crippen LogP contribution in [-0.2, 0) is 28.6 Å². The molecule has 0 amide bonds. The van der Waals surface area contributed by atoms with Crippen molar-refractivity contribution < 1.29 is 28.6 Å². The van der Waals surface area contributed by atoms with Crippen molar-refractivity contribution in [3.05, 3.63) is 0 Å². The molecule has 0 N–H and O–H groups in total. The number of hydrogen-bond donors (Lipinski definition) is 0. The van der Waals surface area contributed by atoms with Crippen LogP contribution in [0.3, 0.4) is 0 Å². The Morgan fingerprint density at radius 1 is 0.931 bits per heavy atom. The number of ether oxygens (including phenoxy) is 3. The molecule has 7 rings (SSSR count). The van der Waals surface area contributed by atoms with Gasteiger partial charge in [0.15, 0.2) is 0 Å². The van der Waals surface area contributed by atoms with Gasteiger partial charge in [0.2, 0.25) is 0 Å². The van der Waals surface area contributed by atoms with Gasteiger partial charge in [-0.05, 0) is 38.0 Å². The van der Waals surface area contributed by atoms with Crippen LogP contribution >= 0.6 is 0 Å². The number of fused-ring (bicyclic) bond motifs is 5. The predicted molar refractivity (Wildman–Crippen MR) is 98.5 cm³/mol. The summed E-state index contributed by atoms with van der Waals surface area (Å²) in [5.74, 6) is 0.190. The van der Waals surface area contributed by atoms with Gasteiger partial charge >= 0.3 is 11.9 Å². The largest absolute Gasteiger partial charge is 0.458 e. The number of rotatable bonds is 0. The van der Waals surface area contributed by atoms with E-state index in [4.69, 9.17) is 14.2 Å². The van der Waals surface area contributed by atoms with Gasteiger partial charge in [0.05, 0.1) is 12.0 Å². The van der Waals surface area contributed by atoms with Gasteiger partial charge in [-0.15, -0.1) is 0 Å². The van der Waals surface area contributed by atoms with Gasteiger partial charge in [0.25, 0.3) is 0 Å². The molecular formula is C23H28O6. The first-order valence-corrected chi connectivity index (χ1v) is 11.3. The van der Waals surface area contributed by atoms with E-state index in [1.807, 2.05) is 0 Å². The predicted octanol–water partition coefficient (Wildman–Crippen LogP) is 2.71. The Morgan fingerprint density at radius 2 is 1.76 bits per heavy atom. The molecule has 2 bridgehead atoms. The van der Waals surface area contributed by atoms with E-state index in [9.17, 15) is 14.4 Å². The molecule has 0 radical (unpaired) electrons. The quantitative estimate of drug-likeness (QED) is 0.459. The Labute approximate surface area is 170 Å². The minimum Gasteiger partial charge on any atom is -0.458 e. The van der Waals surface area contributed by atoms with Crippen molar-refractivity contribution in [2.24, 2.45) is 28.6 Å². The highest BCUT2D eigenvalue weighted by molar-refractivity contribution is 5.85. The van der Waals surface area contributed by atoms with Gasteiger partial charge < -0.3 is 14.2 Å². The number of Topliss-reactive ketones (excluding diaryl/α,β-unsaturated/α-hetero) is 1. The summed E-state index contributed by atoms with van der Waals surface area (Å²) in [4.78, 5) is 37.6. The zero-order valence-electron chi connectivity index (χ0n) is 17.1. The van der Waals surface area contributed by atoms with Crippen molar-refractivity contribution in [1.29, 1.82) is 0 Å². The standard InChI is InChI=1S/C23H28O6/c1-19-11-15-23(27-15)17(14(19)4-7-21(19)8-5-16(25)28-21)13-10-22(29-18(13)26)9-12(24)3-6-20(22,23)2/h13-15,17H,3-11H2,1-2H3/t13?,14?,15-,17?,19?,20?,21-,22+,23-/m1/s1. The topological polar surface area (TPSA) is 82.2 Å². The lowest BCUT2D eigenvalue weighted by Crippen LogP contribution is -2.68.